The van der Waals surface area contributed by atoms with Gasteiger partial charge in [-0.3, -0.25) is 9.79 Å². The molecule has 0 aromatic carbocycles. The Hall–Kier alpha value is -1.51. The van der Waals surface area contributed by atoms with Gasteiger partial charge in [0.15, 0.2) is 5.78 Å². The SMILES string of the molecule is C.C=C(C/C(=C/C(=O)CC(C)(C)C)C(CCCC)CCCC)N=C/C(F)=C(\C)CC. The topological polar surface area (TPSA) is 29.4 Å². The molecule has 0 saturated carbocycles. The van der Waals surface area contributed by atoms with Crippen LogP contribution < -0.4 is 0 Å². The summed E-state index contributed by atoms with van der Waals surface area (Å²) in [4.78, 5) is 16.9. The lowest BCUT2D eigenvalue weighted by atomic mass is 9.84. The van der Waals surface area contributed by atoms with Crippen LogP contribution in [0.3, 0.4) is 0 Å². The molecule has 0 saturated heterocycles. The highest BCUT2D eigenvalue weighted by Gasteiger charge is 2.19. The lowest BCUT2D eigenvalue weighted by molar-refractivity contribution is -0.116. The standard InChI is InChI=1S/C26H44FNO.CH4/c1-9-12-14-22(15-13-10-2)23(17-24(29)18-26(6,7)8)16-21(5)28-19-25(27)20(4)11-3;/h17,19,22H,5,9-16,18H2,1-4,6-8H3;1H4/b23-17-,25-20-,28-19?;. The van der Waals surface area contributed by atoms with Gasteiger partial charge in [-0.15, -0.1) is 0 Å². The van der Waals surface area contributed by atoms with Crippen LogP contribution in [0.25, 0.3) is 0 Å². The number of nitrogens with zero attached hydrogens (tertiary/aromatic N) is 1. The van der Waals surface area contributed by atoms with E-state index >= 15 is 0 Å². The molecule has 0 fully saturated rings. The van der Waals surface area contributed by atoms with Crippen LogP contribution in [0.4, 0.5) is 4.39 Å². The maximum atomic E-state index is 14.0. The van der Waals surface area contributed by atoms with Crippen LogP contribution in [-0.4, -0.2) is 12.0 Å². The molecule has 3 heteroatoms. The number of rotatable bonds is 14. The number of unbranched alkanes of at least 4 members (excludes halogenated alkanes) is 2. The van der Waals surface area contributed by atoms with E-state index in [-0.39, 0.29) is 24.5 Å². The van der Waals surface area contributed by atoms with E-state index in [4.69, 9.17) is 0 Å². The first kappa shape index (κ1) is 30.7. The third-order valence-electron chi connectivity index (χ3n) is 5.09. The van der Waals surface area contributed by atoms with Crippen LogP contribution >= 0.6 is 0 Å². The van der Waals surface area contributed by atoms with Crippen molar-refractivity contribution < 1.29 is 9.18 Å². The van der Waals surface area contributed by atoms with Crippen molar-refractivity contribution in [2.24, 2.45) is 16.3 Å². The molecule has 30 heavy (non-hydrogen) atoms. The second-order valence-electron chi connectivity index (χ2n) is 9.39. The molecule has 2 nitrogen and oxygen atoms in total. The van der Waals surface area contributed by atoms with Gasteiger partial charge in [-0.1, -0.05) is 86.8 Å². The Morgan fingerprint density at radius 2 is 1.63 bits per heavy atom. The van der Waals surface area contributed by atoms with E-state index in [1.54, 1.807) is 6.92 Å². The van der Waals surface area contributed by atoms with Crippen LogP contribution in [-0.2, 0) is 4.79 Å². The average molecular weight is 422 g/mol. The summed E-state index contributed by atoms with van der Waals surface area (Å²) in [5, 5.41) is 0. The molecule has 0 heterocycles. The molecule has 174 valence electrons. The van der Waals surface area contributed by atoms with Gasteiger partial charge in [-0.2, -0.15) is 0 Å². The minimum Gasteiger partial charge on any atom is -0.295 e. The van der Waals surface area contributed by atoms with E-state index in [1.807, 2.05) is 13.0 Å². The van der Waals surface area contributed by atoms with Crippen molar-refractivity contribution in [2.45, 2.75) is 114 Å². The molecule has 0 atom stereocenters. The fourth-order valence-corrected chi connectivity index (χ4v) is 3.22. The molecule has 0 aliphatic heterocycles. The molecule has 0 radical (unpaired) electrons. The van der Waals surface area contributed by atoms with Gasteiger partial charge < -0.3 is 0 Å². The van der Waals surface area contributed by atoms with Gasteiger partial charge in [-0.05, 0) is 49.2 Å². The van der Waals surface area contributed by atoms with Gasteiger partial charge in [0.2, 0.25) is 0 Å². The van der Waals surface area contributed by atoms with E-state index in [1.165, 1.54) is 6.21 Å². The van der Waals surface area contributed by atoms with Crippen molar-refractivity contribution in [1.82, 2.24) is 0 Å². The van der Waals surface area contributed by atoms with E-state index < -0.39 is 0 Å². The van der Waals surface area contributed by atoms with Crippen molar-refractivity contribution in [3.05, 3.63) is 35.3 Å². The van der Waals surface area contributed by atoms with Crippen LogP contribution in [0, 0.1) is 11.3 Å². The predicted octanol–water partition coefficient (Wildman–Crippen LogP) is 9.18. The Labute approximate surface area is 186 Å². The van der Waals surface area contributed by atoms with E-state index in [9.17, 15) is 9.18 Å². The quantitative estimate of drug-likeness (QED) is 0.203. The summed E-state index contributed by atoms with van der Waals surface area (Å²) in [5.74, 6) is 0.232. The van der Waals surface area contributed by atoms with Crippen LogP contribution in [0.5, 0.6) is 0 Å². The monoisotopic (exact) mass is 421 g/mol. The molecule has 0 spiro atoms. The number of aliphatic imine (C=N–C) groups is 1. The van der Waals surface area contributed by atoms with E-state index in [2.05, 4.69) is 46.2 Å². The second-order valence-corrected chi connectivity index (χ2v) is 9.39. The average Bonchev–Trinajstić information content (AvgIpc) is 2.63. The highest BCUT2D eigenvalue weighted by Crippen LogP contribution is 2.30. The minimum atomic E-state index is -0.295. The molecule has 0 unspecified atom stereocenters. The summed E-state index contributed by atoms with van der Waals surface area (Å²) in [7, 11) is 0. The fraction of sp³-hybridized carbons (Fsp3) is 0.704. The Kier molecular flexibility index (Phi) is 16.6. The van der Waals surface area contributed by atoms with Crippen molar-refractivity contribution in [2.75, 3.05) is 0 Å². The molecule has 0 aliphatic carbocycles. The fourth-order valence-electron chi connectivity index (χ4n) is 3.22. The van der Waals surface area contributed by atoms with Gasteiger partial charge >= 0.3 is 0 Å². The molecule has 0 bridgehead atoms. The zero-order chi connectivity index (χ0) is 22.4. The van der Waals surface area contributed by atoms with Crippen LogP contribution in [0.1, 0.15) is 114 Å². The summed E-state index contributed by atoms with van der Waals surface area (Å²) in [6.45, 7) is 18.4. The molecular weight excluding hydrogens is 373 g/mol. The number of allylic oxidation sites excluding steroid dienone is 4. The predicted molar refractivity (Wildman–Crippen MR) is 133 cm³/mol. The first-order valence-corrected chi connectivity index (χ1v) is 11.3. The van der Waals surface area contributed by atoms with Crippen LogP contribution in [0.2, 0.25) is 0 Å². The van der Waals surface area contributed by atoms with E-state index in [0.717, 1.165) is 44.1 Å². The number of halogens is 1. The van der Waals surface area contributed by atoms with Crippen molar-refractivity contribution in [1.29, 1.82) is 0 Å². The van der Waals surface area contributed by atoms with Crippen molar-refractivity contribution in [3.8, 4) is 0 Å². The summed E-state index contributed by atoms with van der Waals surface area (Å²) < 4.78 is 14.0. The van der Waals surface area contributed by atoms with Crippen LogP contribution in [0.15, 0.2) is 40.3 Å². The molecule has 0 aliphatic rings. The second kappa shape index (κ2) is 16.2. The normalized spacial score (nSPS) is 13.4. The van der Waals surface area contributed by atoms with Crippen molar-refractivity contribution >= 4 is 12.0 Å². The number of carbonyl (C=O) groups is 1. The summed E-state index contributed by atoms with van der Waals surface area (Å²) in [6.07, 6.45) is 11.5. The molecule has 0 aromatic rings. The Balaban J connectivity index is 0. The first-order valence-electron chi connectivity index (χ1n) is 11.3. The van der Waals surface area contributed by atoms with Gasteiger partial charge in [0, 0.05) is 18.5 Å². The highest BCUT2D eigenvalue weighted by molar-refractivity contribution is 5.90. The number of hydrogen-bond acceptors (Lipinski definition) is 2. The van der Waals surface area contributed by atoms with Gasteiger partial charge in [0.25, 0.3) is 0 Å². The third kappa shape index (κ3) is 14.5. The zero-order valence-corrected chi connectivity index (χ0v) is 20.0. The smallest absolute Gasteiger partial charge is 0.156 e. The zero-order valence-electron chi connectivity index (χ0n) is 20.0. The number of hydrogen-bond donors (Lipinski definition) is 0. The Morgan fingerprint density at radius 3 is 2.07 bits per heavy atom. The summed E-state index contributed by atoms with van der Waals surface area (Å²) in [6, 6.07) is 0. The minimum absolute atomic E-state index is 0. The molecule has 0 amide bonds. The third-order valence-corrected chi connectivity index (χ3v) is 5.09. The Bertz CT molecular complexity index is 597. The highest BCUT2D eigenvalue weighted by atomic mass is 19.1. The lowest BCUT2D eigenvalue weighted by Gasteiger charge is -2.22. The maximum Gasteiger partial charge on any atom is 0.156 e. The first-order chi connectivity index (χ1) is 13.5. The van der Waals surface area contributed by atoms with Gasteiger partial charge in [0.1, 0.15) is 5.83 Å². The lowest BCUT2D eigenvalue weighted by Crippen LogP contribution is -2.13. The van der Waals surface area contributed by atoms with Gasteiger partial charge in [-0.25, -0.2) is 4.39 Å². The molecule has 0 aromatic heterocycles. The number of ketones is 1. The molecule has 0 rings (SSSR count). The summed E-state index contributed by atoms with van der Waals surface area (Å²) in [5.41, 5.74) is 2.36. The number of carbonyl (C=O) groups excluding carboxylic acids is 1. The van der Waals surface area contributed by atoms with Crippen molar-refractivity contribution in [3.63, 3.8) is 0 Å². The Morgan fingerprint density at radius 1 is 1.10 bits per heavy atom. The summed E-state index contributed by atoms with van der Waals surface area (Å²) >= 11 is 0. The largest absolute Gasteiger partial charge is 0.295 e. The maximum absolute atomic E-state index is 14.0. The van der Waals surface area contributed by atoms with Gasteiger partial charge in [0.05, 0.1) is 6.21 Å². The molecule has 0 N–H and O–H groups in total. The molecular formula is C27H48FNO. The van der Waals surface area contributed by atoms with E-state index in [0.29, 0.717) is 36.5 Å².